The van der Waals surface area contributed by atoms with Crippen LogP contribution in [0.25, 0.3) is 0 Å². The van der Waals surface area contributed by atoms with Crippen molar-refractivity contribution >= 4 is 23.5 Å². The van der Waals surface area contributed by atoms with Crippen LogP contribution in [-0.2, 0) is 9.47 Å². The molecule has 2 N–H and O–H groups in total. The summed E-state index contributed by atoms with van der Waals surface area (Å²) in [6.07, 6.45) is 6.69. The highest BCUT2D eigenvalue weighted by atomic mass is 32.2. The summed E-state index contributed by atoms with van der Waals surface area (Å²) < 4.78 is 9.67. The molecule has 6 heteroatoms. The normalized spacial score (nSPS) is 24.0. The van der Waals surface area contributed by atoms with Gasteiger partial charge in [0.25, 0.3) is 0 Å². The fraction of sp³-hybridized carbons (Fsp3) is 1.00. The number of nitrogens with one attached hydrogen (secondary N) is 2. The Hall–Kier alpha value is 0.540. The maximum absolute atomic E-state index is 4.94. The van der Waals surface area contributed by atoms with Crippen molar-refractivity contribution in [2.24, 2.45) is 0 Å². The number of thioether (sulfide) groups is 2. The lowest BCUT2D eigenvalue weighted by Crippen LogP contribution is -2.29. The summed E-state index contributed by atoms with van der Waals surface area (Å²) in [6.45, 7) is 9.00. The van der Waals surface area contributed by atoms with Gasteiger partial charge in [-0.05, 0) is 56.7 Å². The summed E-state index contributed by atoms with van der Waals surface area (Å²) in [7, 11) is 0. The maximum Gasteiger partial charge on any atom is 0.0488 e. The van der Waals surface area contributed by atoms with Crippen molar-refractivity contribution in [2.75, 3.05) is 75.6 Å². The summed E-state index contributed by atoms with van der Waals surface area (Å²) in [5, 5.41) is 6.11. The third-order valence-electron chi connectivity index (χ3n) is 3.14. The Morgan fingerprint density at radius 3 is 0.870 bits per heavy atom. The standard InChI is InChI=1S/C4H8O.C3H7N.C3H6O.C3H6S.C2H5N.C2H4S/c1-2-4-5-3-1;3*1-2-4-3-1;2*1-2-3-1/h1-4H2;4H,1-3H2;2*1-3H2;3H,1-2H2;1-2H2. The fourth-order valence-electron chi connectivity index (χ4n) is 0.976. The van der Waals surface area contributed by atoms with Crippen molar-refractivity contribution in [3.8, 4) is 0 Å². The molecule has 0 unspecified atom stereocenters. The highest BCUT2D eigenvalue weighted by Crippen LogP contribution is 2.14. The highest BCUT2D eigenvalue weighted by molar-refractivity contribution is 8.06. The van der Waals surface area contributed by atoms with E-state index >= 15 is 0 Å². The summed E-state index contributed by atoms with van der Waals surface area (Å²) >= 11 is 4.04. The van der Waals surface area contributed by atoms with E-state index in [1.165, 1.54) is 81.3 Å². The van der Waals surface area contributed by atoms with Crippen LogP contribution in [0.15, 0.2) is 0 Å². The van der Waals surface area contributed by atoms with Crippen LogP contribution in [0.1, 0.15) is 32.1 Å². The first kappa shape index (κ1) is 21.6. The van der Waals surface area contributed by atoms with E-state index in [0.717, 1.165) is 26.4 Å². The third-order valence-corrected chi connectivity index (χ3v) is 4.71. The van der Waals surface area contributed by atoms with Crippen LogP contribution in [-0.4, -0.2) is 75.6 Å². The molecule has 0 atom stereocenters. The SMILES string of the molecule is C1CCOC1.C1CN1.C1CNC1.C1COC1.C1CS1.C1CSC1. The smallest absolute Gasteiger partial charge is 0.0488 e. The van der Waals surface area contributed by atoms with Crippen LogP contribution in [0.5, 0.6) is 0 Å². The first-order chi connectivity index (χ1) is 11.5. The summed E-state index contributed by atoms with van der Waals surface area (Å²) in [4.78, 5) is 0. The molecule has 0 amide bonds. The molecule has 6 heterocycles. The summed E-state index contributed by atoms with van der Waals surface area (Å²) in [5.41, 5.74) is 0. The van der Waals surface area contributed by atoms with Gasteiger partial charge in [-0.15, -0.1) is 0 Å². The van der Waals surface area contributed by atoms with E-state index in [9.17, 15) is 0 Å². The molecular weight excluding hydrogens is 328 g/mol. The molecule has 0 radical (unpaired) electrons. The van der Waals surface area contributed by atoms with Crippen LogP contribution in [0.2, 0.25) is 0 Å². The van der Waals surface area contributed by atoms with Gasteiger partial charge in [-0.3, -0.25) is 0 Å². The monoisotopic (exact) mass is 364 g/mol. The molecule has 0 aromatic rings. The lowest BCUT2D eigenvalue weighted by Gasteiger charge is -2.09. The van der Waals surface area contributed by atoms with Crippen LogP contribution in [0.3, 0.4) is 0 Å². The van der Waals surface area contributed by atoms with Crippen molar-refractivity contribution in [2.45, 2.75) is 32.1 Å². The molecule has 0 aromatic carbocycles. The Morgan fingerprint density at radius 1 is 0.478 bits per heavy atom. The maximum atomic E-state index is 4.94. The molecule has 6 saturated heterocycles. The highest BCUT2D eigenvalue weighted by Gasteiger charge is 1.96. The lowest BCUT2D eigenvalue weighted by molar-refractivity contribution is 0.0367. The largest absolute Gasteiger partial charge is 0.381 e. The molecule has 6 aliphatic heterocycles. The number of hydrogen-bond donors (Lipinski definition) is 2. The zero-order valence-electron chi connectivity index (χ0n) is 14.7. The Labute approximate surface area is 151 Å². The predicted molar refractivity (Wildman–Crippen MR) is 105 cm³/mol. The molecule has 0 aliphatic carbocycles. The van der Waals surface area contributed by atoms with E-state index in [1.807, 2.05) is 23.5 Å². The summed E-state index contributed by atoms with van der Waals surface area (Å²) in [5.74, 6) is 5.67. The average Bonchev–Trinajstić information content (AvgIpc) is 3.22. The van der Waals surface area contributed by atoms with Gasteiger partial charge in [0.15, 0.2) is 0 Å². The summed E-state index contributed by atoms with van der Waals surface area (Å²) in [6, 6.07) is 0. The Bertz CT molecular complexity index is 166. The van der Waals surface area contributed by atoms with Crippen molar-refractivity contribution < 1.29 is 9.47 Å². The molecule has 0 spiro atoms. The van der Waals surface area contributed by atoms with Gasteiger partial charge in [-0.25, -0.2) is 0 Å². The van der Waals surface area contributed by atoms with E-state index in [1.54, 1.807) is 0 Å². The van der Waals surface area contributed by atoms with E-state index in [0.29, 0.717) is 0 Å². The van der Waals surface area contributed by atoms with E-state index in [4.69, 9.17) is 9.47 Å². The number of ether oxygens (including phenoxy) is 2. The van der Waals surface area contributed by atoms with Gasteiger partial charge < -0.3 is 20.1 Å². The second-order valence-corrected chi connectivity index (χ2v) is 8.17. The molecule has 138 valence electrons. The zero-order valence-corrected chi connectivity index (χ0v) is 16.3. The second-order valence-electron chi connectivity index (χ2n) is 5.72. The molecule has 0 aromatic heterocycles. The van der Waals surface area contributed by atoms with Crippen molar-refractivity contribution in [1.29, 1.82) is 0 Å². The van der Waals surface area contributed by atoms with Gasteiger partial charge in [-0.2, -0.15) is 23.5 Å². The van der Waals surface area contributed by atoms with Gasteiger partial charge >= 0.3 is 0 Å². The van der Waals surface area contributed by atoms with Gasteiger partial charge in [-0.1, -0.05) is 0 Å². The molecular formula is C17H36N2O2S2. The van der Waals surface area contributed by atoms with Crippen molar-refractivity contribution in [3.05, 3.63) is 0 Å². The van der Waals surface area contributed by atoms with Crippen LogP contribution in [0, 0.1) is 0 Å². The van der Waals surface area contributed by atoms with Gasteiger partial charge in [0, 0.05) is 51.0 Å². The quantitative estimate of drug-likeness (QED) is 0.645. The number of rotatable bonds is 0. The minimum Gasteiger partial charge on any atom is -0.381 e. The first-order valence-corrected chi connectivity index (χ1v) is 11.5. The lowest BCUT2D eigenvalue weighted by atomic mass is 10.3. The van der Waals surface area contributed by atoms with Crippen LogP contribution < -0.4 is 10.6 Å². The van der Waals surface area contributed by atoms with Gasteiger partial charge in [0.05, 0.1) is 0 Å². The van der Waals surface area contributed by atoms with E-state index in [-0.39, 0.29) is 0 Å². The fourth-order valence-corrected chi connectivity index (χ4v) is 1.26. The predicted octanol–water partition coefficient (Wildman–Crippen LogP) is 2.63. The molecule has 6 fully saturated rings. The molecule has 6 rings (SSSR count). The van der Waals surface area contributed by atoms with Gasteiger partial charge in [0.1, 0.15) is 0 Å². The van der Waals surface area contributed by atoms with Crippen LogP contribution in [0.4, 0.5) is 0 Å². The van der Waals surface area contributed by atoms with E-state index < -0.39 is 0 Å². The minimum absolute atomic E-state index is 1.00. The Morgan fingerprint density at radius 2 is 0.826 bits per heavy atom. The van der Waals surface area contributed by atoms with E-state index in [2.05, 4.69) is 10.6 Å². The van der Waals surface area contributed by atoms with Crippen molar-refractivity contribution in [3.63, 3.8) is 0 Å². The second kappa shape index (κ2) is 18.9. The molecule has 0 bridgehead atoms. The molecule has 4 nitrogen and oxygen atoms in total. The van der Waals surface area contributed by atoms with Crippen LogP contribution >= 0.6 is 23.5 Å². The number of hydrogen-bond acceptors (Lipinski definition) is 6. The topological polar surface area (TPSA) is 52.4 Å². The Balaban J connectivity index is 0.000000139. The zero-order chi connectivity index (χ0) is 16.3. The van der Waals surface area contributed by atoms with Gasteiger partial charge in [0.2, 0.25) is 0 Å². The average molecular weight is 365 g/mol. The first-order valence-electron chi connectivity index (χ1n) is 9.22. The minimum atomic E-state index is 1.00. The van der Waals surface area contributed by atoms with Crippen molar-refractivity contribution in [1.82, 2.24) is 10.6 Å². The molecule has 6 aliphatic rings. The molecule has 0 saturated carbocycles. The third kappa shape index (κ3) is 24.9. The molecule has 23 heavy (non-hydrogen) atoms. The Kier molecular flexibility index (Phi) is 17.7.